The second kappa shape index (κ2) is 3.83. The minimum Gasteiger partial charge on any atom is -0.462 e. The van der Waals surface area contributed by atoms with Crippen LogP contribution < -0.4 is 4.72 Å². The molecule has 0 saturated heterocycles. The second-order valence-electron chi connectivity index (χ2n) is 3.42. The van der Waals surface area contributed by atoms with Gasteiger partial charge in [0, 0.05) is 11.6 Å². The first-order chi connectivity index (χ1) is 7.45. The van der Waals surface area contributed by atoms with Crippen LogP contribution in [-0.2, 0) is 14.8 Å². The van der Waals surface area contributed by atoms with Crippen molar-refractivity contribution in [2.75, 3.05) is 6.61 Å². The highest BCUT2D eigenvalue weighted by molar-refractivity contribution is 7.92. The maximum Gasteiger partial charge on any atom is 0.348 e. The van der Waals surface area contributed by atoms with Crippen LogP contribution >= 0.6 is 11.3 Å². The molecule has 1 aromatic rings. The highest BCUT2D eigenvalue weighted by Gasteiger charge is 2.35. The van der Waals surface area contributed by atoms with E-state index in [4.69, 9.17) is 4.74 Å². The number of hydrogen-bond acceptors (Lipinski definition) is 5. The molecule has 1 aliphatic heterocycles. The molecule has 0 saturated carbocycles. The van der Waals surface area contributed by atoms with E-state index in [1.807, 2.05) is 0 Å². The van der Waals surface area contributed by atoms with Crippen molar-refractivity contribution in [1.29, 1.82) is 0 Å². The van der Waals surface area contributed by atoms with Crippen LogP contribution in [0.15, 0.2) is 10.3 Å². The summed E-state index contributed by atoms with van der Waals surface area (Å²) in [6.45, 7) is 3.73. The van der Waals surface area contributed by atoms with Gasteiger partial charge in [0.25, 0.3) is 10.0 Å². The van der Waals surface area contributed by atoms with Gasteiger partial charge in [0.05, 0.1) is 6.61 Å². The van der Waals surface area contributed by atoms with Crippen molar-refractivity contribution in [2.45, 2.75) is 24.1 Å². The lowest BCUT2D eigenvalue weighted by molar-refractivity contribution is 0.0532. The van der Waals surface area contributed by atoms with E-state index in [1.54, 1.807) is 19.9 Å². The molecule has 1 atom stereocenters. The van der Waals surface area contributed by atoms with E-state index in [0.717, 1.165) is 11.3 Å². The van der Waals surface area contributed by atoms with Crippen LogP contribution in [0.1, 0.15) is 35.1 Å². The summed E-state index contributed by atoms with van der Waals surface area (Å²) in [4.78, 5) is 11.8. The minimum atomic E-state index is -3.42. The number of sulfonamides is 1. The number of thiophene rings is 1. The Kier molecular flexibility index (Phi) is 2.77. The normalized spacial score (nSPS) is 21.8. The van der Waals surface area contributed by atoms with Gasteiger partial charge in [0.15, 0.2) is 0 Å². The Morgan fingerprint density at radius 1 is 1.62 bits per heavy atom. The molecule has 0 amide bonds. The zero-order valence-corrected chi connectivity index (χ0v) is 10.4. The summed E-state index contributed by atoms with van der Waals surface area (Å²) >= 11 is 0.956. The molecular weight excluding hydrogens is 250 g/mol. The molecule has 1 aromatic heterocycles. The Morgan fingerprint density at radius 2 is 2.31 bits per heavy atom. The lowest BCUT2D eigenvalue weighted by Gasteiger charge is -2.01. The summed E-state index contributed by atoms with van der Waals surface area (Å²) in [5, 5.41) is 0. The average Bonchev–Trinajstić information content (AvgIpc) is 2.69. The highest BCUT2D eigenvalue weighted by Crippen LogP contribution is 2.37. The van der Waals surface area contributed by atoms with Gasteiger partial charge in [-0.3, -0.25) is 0 Å². The van der Waals surface area contributed by atoms with Gasteiger partial charge >= 0.3 is 5.97 Å². The molecule has 0 aliphatic carbocycles. The number of esters is 1. The summed E-state index contributed by atoms with van der Waals surface area (Å²) in [5.41, 5.74) is 0.646. The van der Waals surface area contributed by atoms with E-state index < -0.39 is 16.0 Å². The number of fused-ring (bicyclic) bond motifs is 1. The fraction of sp³-hybridized carbons (Fsp3) is 0.444. The van der Waals surface area contributed by atoms with Gasteiger partial charge in [-0.15, -0.1) is 11.3 Å². The molecule has 5 nitrogen and oxygen atoms in total. The molecule has 7 heteroatoms. The molecule has 0 fully saturated rings. The average molecular weight is 261 g/mol. The summed E-state index contributed by atoms with van der Waals surface area (Å²) < 4.78 is 30.7. The number of hydrogen-bond donors (Lipinski definition) is 1. The lowest BCUT2D eigenvalue weighted by atomic mass is 10.2. The van der Waals surface area contributed by atoms with Crippen LogP contribution in [-0.4, -0.2) is 21.0 Å². The van der Waals surface area contributed by atoms with Gasteiger partial charge < -0.3 is 4.74 Å². The van der Waals surface area contributed by atoms with Gasteiger partial charge in [0.2, 0.25) is 0 Å². The minimum absolute atomic E-state index is 0.225. The van der Waals surface area contributed by atoms with E-state index >= 15 is 0 Å². The maximum absolute atomic E-state index is 11.6. The first-order valence-electron chi connectivity index (χ1n) is 4.79. The zero-order valence-electron chi connectivity index (χ0n) is 8.81. The van der Waals surface area contributed by atoms with Crippen LogP contribution in [0.2, 0.25) is 0 Å². The smallest absolute Gasteiger partial charge is 0.348 e. The van der Waals surface area contributed by atoms with Crippen LogP contribution in [0.4, 0.5) is 0 Å². The molecular formula is C9H11NO4S2. The standard InChI is InChI=1S/C9H11NO4S2/c1-3-14-8(11)7-4-6-5(2)10-16(12,13)9(6)15-7/h4-5,10H,3H2,1-2H3. The second-order valence-corrected chi connectivity index (χ2v) is 6.38. The number of carbonyl (C=O) groups excluding carboxylic acids is 1. The summed E-state index contributed by atoms with van der Waals surface area (Å²) in [6, 6.07) is 1.31. The SMILES string of the molecule is CCOC(=O)c1cc2c(s1)S(=O)(=O)NC2C. The zero-order chi connectivity index (χ0) is 11.9. The molecule has 88 valence electrons. The van der Waals surface area contributed by atoms with Crippen molar-refractivity contribution in [1.82, 2.24) is 4.72 Å². The first kappa shape index (κ1) is 11.6. The quantitative estimate of drug-likeness (QED) is 0.814. The number of ether oxygens (including phenoxy) is 1. The highest BCUT2D eigenvalue weighted by atomic mass is 32.2. The predicted octanol–water partition coefficient (Wildman–Crippen LogP) is 1.28. The number of rotatable bonds is 2. The van der Waals surface area contributed by atoms with Crippen molar-refractivity contribution >= 4 is 27.3 Å². The third-order valence-corrected chi connectivity index (χ3v) is 5.47. The number of carbonyl (C=O) groups is 1. The summed E-state index contributed by atoms with van der Waals surface area (Å²) in [6.07, 6.45) is 0. The van der Waals surface area contributed by atoms with E-state index in [9.17, 15) is 13.2 Å². The molecule has 1 aliphatic rings. The molecule has 1 N–H and O–H groups in total. The monoisotopic (exact) mass is 261 g/mol. The van der Waals surface area contributed by atoms with Crippen LogP contribution in [0.25, 0.3) is 0 Å². The van der Waals surface area contributed by atoms with E-state index in [2.05, 4.69) is 4.72 Å². The molecule has 0 bridgehead atoms. The van der Waals surface area contributed by atoms with Crippen LogP contribution in [0, 0.1) is 0 Å². The van der Waals surface area contributed by atoms with Crippen LogP contribution in [0.3, 0.4) is 0 Å². The van der Waals surface area contributed by atoms with Crippen molar-refractivity contribution in [3.8, 4) is 0 Å². The van der Waals surface area contributed by atoms with Gasteiger partial charge in [-0.25, -0.2) is 17.9 Å². The predicted molar refractivity (Wildman–Crippen MR) is 59.0 cm³/mol. The maximum atomic E-state index is 11.6. The van der Waals surface area contributed by atoms with Gasteiger partial charge in [-0.05, 0) is 19.9 Å². The van der Waals surface area contributed by atoms with Crippen molar-refractivity contribution in [2.24, 2.45) is 0 Å². The molecule has 0 spiro atoms. The van der Waals surface area contributed by atoms with Gasteiger partial charge in [-0.2, -0.15) is 0 Å². The van der Waals surface area contributed by atoms with Gasteiger partial charge in [0.1, 0.15) is 9.09 Å². The fourth-order valence-electron chi connectivity index (χ4n) is 1.55. The van der Waals surface area contributed by atoms with Crippen molar-refractivity contribution in [3.63, 3.8) is 0 Å². The summed E-state index contributed by atoms with van der Waals surface area (Å²) in [5.74, 6) is -0.468. The molecule has 0 aromatic carbocycles. The van der Waals surface area contributed by atoms with Crippen molar-refractivity contribution in [3.05, 3.63) is 16.5 Å². The van der Waals surface area contributed by atoms with Gasteiger partial charge in [-0.1, -0.05) is 0 Å². The Labute approximate surface area is 97.5 Å². The third kappa shape index (κ3) is 1.74. The molecule has 16 heavy (non-hydrogen) atoms. The Bertz CT molecular complexity index is 532. The molecule has 2 heterocycles. The largest absolute Gasteiger partial charge is 0.462 e. The van der Waals surface area contributed by atoms with E-state index in [1.165, 1.54) is 0 Å². The Hall–Kier alpha value is -0.920. The lowest BCUT2D eigenvalue weighted by Crippen LogP contribution is -2.17. The third-order valence-electron chi connectivity index (χ3n) is 2.24. The van der Waals surface area contributed by atoms with Crippen molar-refractivity contribution < 1.29 is 17.9 Å². The fourth-order valence-corrected chi connectivity index (χ4v) is 4.53. The summed E-state index contributed by atoms with van der Waals surface area (Å²) in [7, 11) is -3.42. The molecule has 0 radical (unpaired) electrons. The van der Waals surface area contributed by atoms with E-state index in [-0.39, 0.29) is 16.9 Å². The molecule has 2 rings (SSSR count). The van der Waals surface area contributed by atoms with E-state index in [0.29, 0.717) is 10.4 Å². The Balaban J connectivity index is 2.43. The first-order valence-corrected chi connectivity index (χ1v) is 7.09. The van der Waals surface area contributed by atoms with Crippen LogP contribution in [0.5, 0.6) is 0 Å². The number of nitrogens with one attached hydrogen (secondary N) is 1. The Morgan fingerprint density at radius 3 is 2.88 bits per heavy atom. The molecule has 1 unspecified atom stereocenters. The topological polar surface area (TPSA) is 72.5 Å².